The van der Waals surface area contributed by atoms with Crippen LogP contribution < -0.4 is 4.72 Å². The lowest BCUT2D eigenvalue weighted by Crippen LogP contribution is -2.12. The Bertz CT molecular complexity index is 1490. The van der Waals surface area contributed by atoms with Crippen LogP contribution in [0.1, 0.15) is 5.56 Å². The van der Waals surface area contributed by atoms with Gasteiger partial charge in [0.2, 0.25) is 0 Å². The Morgan fingerprint density at radius 1 is 0.781 bits per heavy atom. The maximum atomic E-state index is 12.8. The summed E-state index contributed by atoms with van der Waals surface area (Å²) in [5.41, 5.74) is 5.04. The molecular formula is C26H21N3O2S. The zero-order valence-electron chi connectivity index (χ0n) is 17.4. The number of nitrogens with zero attached hydrogens (tertiary/aromatic N) is 2. The summed E-state index contributed by atoms with van der Waals surface area (Å²) in [6, 6.07) is 32.2. The summed E-state index contributed by atoms with van der Waals surface area (Å²) >= 11 is 0. The van der Waals surface area contributed by atoms with Crippen LogP contribution in [-0.4, -0.2) is 18.0 Å². The molecule has 158 valence electrons. The number of aromatic nitrogens is 2. The van der Waals surface area contributed by atoms with Crippen molar-refractivity contribution in [2.75, 3.05) is 4.72 Å². The molecule has 0 amide bonds. The smallest absolute Gasteiger partial charge is 0.261 e. The van der Waals surface area contributed by atoms with E-state index in [0.29, 0.717) is 11.2 Å². The lowest BCUT2D eigenvalue weighted by atomic mass is 10.2. The molecule has 0 spiro atoms. The Labute approximate surface area is 187 Å². The van der Waals surface area contributed by atoms with Crippen LogP contribution in [0.25, 0.3) is 28.1 Å². The van der Waals surface area contributed by atoms with Gasteiger partial charge >= 0.3 is 0 Å². The second-order valence-electron chi connectivity index (χ2n) is 7.59. The van der Waals surface area contributed by atoms with Crippen LogP contribution in [0.5, 0.6) is 0 Å². The van der Waals surface area contributed by atoms with Crippen LogP contribution in [-0.2, 0) is 10.0 Å². The van der Waals surface area contributed by atoms with Crippen LogP contribution in [0.2, 0.25) is 0 Å². The van der Waals surface area contributed by atoms with Gasteiger partial charge < -0.3 is 0 Å². The van der Waals surface area contributed by atoms with Gasteiger partial charge in [-0.25, -0.2) is 13.4 Å². The molecule has 5 rings (SSSR count). The van der Waals surface area contributed by atoms with Crippen molar-refractivity contribution < 1.29 is 8.42 Å². The van der Waals surface area contributed by atoms with Gasteiger partial charge in [0.1, 0.15) is 5.82 Å². The third-order valence-electron chi connectivity index (χ3n) is 5.28. The van der Waals surface area contributed by atoms with Crippen LogP contribution in [0.3, 0.4) is 0 Å². The highest BCUT2D eigenvalue weighted by Crippen LogP contribution is 2.30. The van der Waals surface area contributed by atoms with Gasteiger partial charge in [-0.2, -0.15) is 0 Å². The van der Waals surface area contributed by atoms with E-state index in [1.54, 1.807) is 36.4 Å². The van der Waals surface area contributed by atoms with E-state index in [9.17, 15) is 8.42 Å². The summed E-state index contributed by atoms with van der Waals surface area (Å²) in [4.78, 5) is 5.09. The molecule has 0 aliphatic rings. The number of nitrogens with one attached hydrogen (secondary N) is 1. The molecule has 32 heavy (non-hydrogen) atoms. The molecule has 6 heteroatoms. The Balaban J connectivity index is 1.61. The van der Waals surface area contributed by atoms with E-state index in [2.05, 4.69) is 9.29 Å². The number of rotatable bonds is 5. The molecule has 0 saturated heterocycles. The molecule has 1 aromatic heterocycles. The van der Waals surface area contributed by atoms with Crippen molar-refractivity contribution in [2.45, 2.75) is 11.8 Å². The second kappa shape index (κ2) is 7.98. The Morgan fingerprint density at radius 2 is 1.44 bits per heavy atom. The van der Waals surface area contributed by atoms with Crippen molar-refractivity contribution in [3.63, 3.8) is 0 Å². The third-order valence-corrected chi connectivity index (χ3v) is 6.68. The number of imidazole rings is 1. The first-order valence-corrected chi connectivity index (χ1v) is 11.7. The van der Waals surface area contributed by atoms with Gasteiger partial charge in [0.25, 0.3) is 10.0 Å². The van der Waals surface area contributed by atoms with Crippen molar-refractivity contribution in [2.24, 2.45) is 0 Å². The van der Waals surface area contributed by atoms with E-state index >= 15 is 0 Å². The highest BCUT2D eigenvalue weighted by Gasteiger charge is 2.17. The number of anilines is 1. The normalized spacial score (nSPS) is 11.5. The second-order valence-corrected chi connectivity index (χ2v) is 9.28. The molecule has 5 nitrogen and oxygen atoms in total. The number of hydrogen-bond donors (Lipinski definition) is 1. The molecule has 0 unspecified atom stereocenters. The summed E-state index contributed by atoms with van der Waals surface area (Å²) in [5, 5.41) is 0. The minimum atomic E-state index is -3.69. The summed E-state index contributed by atoms with van der Waals surface area (Å²) in [7, 11) is -3.69. The summed E-state index contributed by atoms with van der Waals surface area (Å²) < 4.78 is 30.4. The van der Waals surface area contributed by atoms with Crippen LogP contribution in [0.15, 0.2) is 108 Å². The van der Waals surface area contributed by atoms with Gasteiger partial charge in [-0.3, -0.25) is 9.29 Å². The molecule has 0 fully saturated rings. The van der Waals surface area contributed by atoms with Crippen molar-refractivity contribution >= 4 is 26.7 Å². The molecule has 0 bridgehead atoms. The van der Waals surface area contributed by atoms with Gasteiger partial charge in [-0.05, 0) is 49.4 Å². The third kappa shape index (κ3) is 3.76. The maximum absolute atomic E-state index is 12.8. The average Bonchev–Trinajstić information content (AvgIpc) is 3.19. The lowest BCUT2D eigenvalue weighted by molar-refractivity contribution is 0.601. The fraction of sp³-hybridized carbons (Fsp3) is 0.0385. The fourth-order valence-electron chi connectivity index (χ4n) is 3.69. The SMILES string of the molecule is Cc1ccc(S(=O)(=O)Nc2ccc3c(c2)nc(-c2ccccc2)n3-c2ccccc2)cc1. The molecule has 5 aromatic rings. The minimum absolute atomic E-state index is 0.225. The number of para-hydroxylation sites is 1. The van der Waals surface area contributed by atoms with E-state index in [1.807, 2.05) is 73.7 Å². The maximum Gasteiger partial charge on any atom is 0.261 e. The molecule has 0 aliphatic carbocycles. The molecule has 0 aliphatic heterocycles. The Hall–Kier alpha value is -3.90. The topological polar surface area (TPSA) is 64.0 Å². The van der Waals surface area contributed by atoms with E-state index in [4.69, 9.17) is 4.98 Å². The van der Waals surface area contributed by atoms with Gasteiger partial charge in [0.15, 0.2) is 0 Å². The van der Waals surface area contributed by atoms with Crippen molar-refractivity contribution in [3.05, 3.63) is 109 Å². The highest BCUT2D eigenvalue weighted by atomic mass is 32.2. The highest BCUT2D eigenvalue weighted by molar-refractivity contribution is 7.92. The zero-order valence-corrected chi connectivity index (χ0v) is 18.3. The molecule has 0 atom stereocenters. The van der Waals surface area contributed by atoms with Gasteiger partial charge in [-0.1, -0.05) is 66.2 Å². The fourth-order valence-corrected chi connectivity index (χ4v) is 4.74. The summed E-state index contributed by atoms with van der Waals surface area (Å²) in [6.07, 6.45) is 0. The molecule has 1 heterocycles. The molecular weight excluding hydrogens is 418 g/mol. The average molecular weight is 440 g/mol. The van der Waals surface area contributed by atoms with E-state index in [0.717, 1.165) is 28.2 Å². The first-order valence-electron chi connectivity index (χ1n) is 10.2. The number of fused-ring (bicyclic) bond motifs is 1. The first kappa shape index (κ1) is 20.0. The van der Waals surface area contributed by atoms with Crippen molar-refractivity contribution in [1.82, 2.24) is 9.55 Å². The number of aryl methyl sites for hydroxylation is 1. The van der Waals surface area contributed by atoms with Crippen LogP contribution in [0.4, 0.5) is 5.69 Å². The predicted octanol–water partition coefficient (Wildman–Crippen LogP) is 5.80. The number of sulfonamides is 1. The summed E-state index contributed by atoms with van der Waals surface area (Å²) in [5.74, 6) is 0.797. The van der Waals surface area contributed by atoms with Crippen LogP contribution >= 0.6 is 0 Å². The van der Waals surface area contributed by atoms with Crippen molar-refractivity contribution in [1.29, 1.82) is 0 Å². The first-order chi connectivity index (χ1) is 15.5. The Kier molecular flexibility index (Phi) is 4.99. The molecule has 1 N–H and O–H groups in total. The van der Waals surface area contributed by atoms with Gasteiger partial charge in [0.05, 0.1) is 21.6 Å². The van der Waals surface area contributed by atoms with E-state index in [-0.39, 0.29) is 4.90 Å². The monoisotopic (exact) mass is 439 g/mol. The quantitative estimate of drug-likeness (QED) is 0.376. The number of hydrogen-bond acceptors (Lipinski definition) is 3. The summed E-state index contributed by atoms with van der Waals surface area (Å²) in [6.45, 7) is 1.92. The minimum Gasteiger partial charge on any atom is -0.292 e. The standard InChI is InChI=1S/C26H21N3O2S/c1-19-12-15-23(16-13-19)32(30,31)28-21-14-17-25-24(18-21)27-26(20-8-4-2-5-9-20)29(25)22-10-6-3-7-11-22/h2-18,28H,1H3. The molecule has 0 radical (unpaired) electrons. The molecule has 0 saturated carbocycles. The van der Waals surface area contributed by atoms with Crippen molar-refractivity contribution in [3.8, 4) is 17.1 Å². The predicted molar refractivity (Wildman–Crippen MR) is 128 cm³/mol. The lowest BCUT2D eigenvalue weighted by Gasteiger charge is -2.10. The van der Waals surface area contributed by atoms with Crippen LogP contribution in [0, 0.1) is 6.92 Å². The van der Waals surface area contributed by atoms with E-state index < -0.39 is 10.0 Å². The van der Waals surface area contributed by atoms with Gasteiger partial charge in [-0.15, -0.1) is 0 Å². The Morgan fingerprint density at radius 3 is 2.12 bits per heavy atom. The number of benzene rings is 4. The largest absolute Gasteiger partial charge is 0.292 e. The van der Waals surface area contributed by atoms with E-state index in [1.165, 1.54) is 0 Å². The molecule has 4 aromatic carbocycles. The van der Waals surface area contributed by atoms with Gasteiger partial charge in [0, 0.05) is 11.3 Å². The zero-order chi connectivity index (χ0) is 22.1.